The zero-order chi connectivity index (χ0) is 12.5. The lowest BCUT2D eigenvalue weighted by molar-refractivity contribution is 0.201. The van der Waals surface area contributed by atoms with Crippen LogP contribution >= 0.6 is 0 Å². The van der Waals surface area contributed by atoms with Crippen LogP contribution in [0.1, 0.15) is 12.5 Å². The van der Waals surface area contributed by atoms with Crippen LogP contribution in [0.25, 0.3) is 0 Å². The topological polar surface area (TPSA) is 61.7 Å². The third kappa shape index (κ3) is 5.68. The van der Waals surface area contributed by atoms with Crippen molar-refractivity contribution in [1.82, 2.24) is 5.32 Å². The number of aliphatic hydroxyl groups excluding tert-OH is 2. The quantitative estimate of drug-likeness (QED) is 0.620. The van der Waals surface area contributed by atoms with E-state index in [1.165, 1.54) is 5.56 Å². The van der Waals surface area contributed by atoms with Gasteiger partial charge in [0.2, 0.25) is 0 Å². The van der Waals surface area contributed by atoms with E-state index >= 15 is 0 Å². The lowest BCUT2D eigenvalue weighted by Gasteiger charge is -2.13. The van der Waals surface area contributed by atoms with Crippen LogP contribution in [0.5, 0.6) is 5.75 Å². The van der Waals surface area contributed by atoms with Gasteiger partial charge >= 0.3 is 0 Å². The van der Waals surface area contributed by atoms with Gasteiger partial charge in [-0.15, -0.1) is 0 Å². The highest BCUT2D eigenvalue weighted by atomic mass is 16.5. The monoisotopic (exact) mass is 239 g/mol. The van der Waals surface area contributed by atoms with Crippen LogP contribution in [0.3, 0.4) is 0 Å². The summed E-state index contributed by atoms with van der Waals surface area (Å²) in [5.74, 6) is 0.777. The fourth-order valence-electron chi connectivity index (χ4n) is 1.62. The van der Waals surface area contributed by atoms with E-state index in [0.29, 0.717) is 19.2 Å². The molecule has 3 N–H and O–H groups in total. The first kappa shape index (κ1) is 14.0. The van der Waals surface area contributed by atoms with E-state index < -0.39 is 0 Å². The Morgan fingerprint density at radius 3 is 2.47 bits per heavy atom. The first-order valence-electron chi connectivity index (χ1n) is 5.93. The van der Waals surface area contributed by atoms with Gasteiger partial charge < -0.3 is 20.3 Å². The van der Waals surface area contributed by atoms with Crippen LogP contribution in [-0.2, 0) is 6.42 Å². The summed E-state index contributed by atoms with van der Waals surface area (Å²) in [7, 11) is 0. The average molecular weight is 239 g/mol. The molecular weight excluding hydrogens is 218 g/mol. The highest BCUT2D eigenvalue weighted by Gasteiger charge is 2.02. The molecule has 0 aromatic heterocycles. The van der Waals surface area contributed by atoms with Crippen LogP contribution in [0, 0.1) is 0 Å². The van der Waals surface area contributed by atoms with Crippen molar-refractivity contribution in [3.05, 3.63) is 29.8 Å². The summed E-state index contributed by atoms with van der Waals surface area (Å²) in [5, 5.41) is 20.5. The third-order valence-corrected chi connectivity index (χ3v) is 2.43. The maximum atomic E-state index is 8.70. The van der Waals surface area contributed by atoms with Gasteiger partial charge in [-0.25, -0.2) is 0 Å². The van der Waals surface area contributed by atoms with Gasteiger partial charge in [-0.2, -0.15) is 0 Å². The fraction of sp³-hybridized carbons (Fsp3) is 0.538. The van der Waals surface area contributed by atoms with Crippen LogP contribution < -0.4 is 10.1 Å². The molecule has 0 bridgehead atoms. The predicted octanol–water partition coefficient (Wildman–Crippen LogP) is 0.571. The zero-order valence-electron chi connectivity index (χ0n) is 10.2. The van der Waals surface area contributed by atoms with Crippen molar-refractivity contribution in [1.29, 1.82) is 0 Å². The Morgan fingerprint density at radius 2 is 1.88 bits per heavy atom. The first-order chi connectivity index (χ1) is 8.26. The summed E-state index contributed by atoms with van der Waals surface area (Å²) in [6, 6.07) is 8.19. The number of hydrogen-bond donors (Lipinski definition) is 3. The van der Waals surface area contributed by atoms with Gasteiger partial charge in [0.1, 0.15) is 12.4 Å². The van der Waals surface area contributed by atoms with E-state index in [1.54, 1.807) is 0 Å². The lowest BCUT2D eigenvalue weighted by Crippen LogP contribution is -2.30. The Balaban J connectivity index is 2.39. The molecule has 0 amide bonds. The summed E-state index contributed by atoms with van der Waals surface area (Å²) in [6.45, 7) is 3.24. The van der Waals surface area contributed by atoms with E-state index in [1.807, 2.05) is 24.3 Å². The Hall–Kier alpha value is -1.10. The molecular formula is C13H21NO3. The van der Waals surface area contributed by atoms with Gasteiger partial charge in [0, 0.05) is 12.6 Å². The molecule has 1 aromatic carbocycles. The highest BCUT2D eigenvalue weighted by molar-refractivity contribution is 5.27. The maximum Gasteiger partial charge on any atom is 0.119 e. The molecule has 0 spiro atoms. The van der Waals surface area contributed by atoms with Gasteiger partial charge in [-0.3, -0.25) is 0 Å². The SMILES string of the molecule is CC(Cc1ccc(OCCO)cc1)NCCO. The Labute approximate surface area is 102 Å². The second-order valence-electron chi connectivity index (χ2n) is 4.00. The molecule has 0 heterocycles. The van der Waals surface area contributed by atoms with Crippen LogP contribution in [0.4, 0.5) is 0 Å². The molecule has 1 aromatic rings. The molecule has 1 unspecified atom stereocenters. The molecule has 96 valence electrons. The smallest absolute Gasteiger partial charge is 0.119 e. The van der Waals surface area contributed by atoms with Crippen molar-refractivity contribution in [2.75, 3.05) is 26.4 Å². The minimum atomic E-state index is 0.0316. The molecule has 4 nitrogen and oxygen atoms in total. The van der Waals surface area contributed by atoms with Crippen LogP contribution in [0.15, 0.2) is 24.3 Å². The van der Waals surface area contributed by atoms with Gasteiger partial charge in [-0.05, 0) is 31.0 Å². The number of benzene rings is 1. The number of aliphatic hydroxyl groups is 2. The molecule has 0 aliphatic heterocycles. The fourth-order valence-corrected chi connectivity index (χ4v) is 1.62. The summed E-state index contributed by atoms with van der Waals surface area (Å²) in [4.78, 5) is 0. The van der Waals surface area contributed by atoms with Crippen molar-refractivity contribution in [2.45, 2.75) is 19.4 Å². The Morgan fingerprint density at radius 1 is 1.18 bits per heavy atom. The predicted molar refractivity (Wildman–Crippen MR) is 67.3 cm³/mol. The standard InChI is InChI=1S/C13H21NO3/c1-11(14-6-7-15)10-12-2-4-13(5-3-12)17-9-8-16/h2-5,11,14-16H,6-10H2,1H3. The van der Waals surface area contributed by atoms with Gasteiger partial charge in [0.25, 0.3) is 0 Å². The van der Waals surface area contributed by atoms with Crippen molar-refractivity contribution < 1.29 is 14.9 Å². The molecule has 0 fully saturated rings. The number of rotatable bonds is 8. The number of ether oxygens (including phenoxy) is 1. The normalized spacial score (nSPS) is 12.4. The Bertz CT molecular complexity index is 300. The van der Waals surface area contributed by atoms with Crippen molar-refractivity contribution in [3.8, 4) is 5.75 Å². The van der Waals surface area contributed by atoms with E-state index in [0.717, 1.165) is 12.2 Å². The summed E-state index contributed by atoms with van der Waals surface area (Å²) in [6.07, 6.45) is 0.917. The van der Waals surface area contributed by atoms with Crippen molar-refractivity contribution in [2.24, 2.45) is 0 Å². The maximum absolute atomic E-state index is 8.70. The second kappa shape index (κ2) is 8.06. The van der Waals surface area contributed by atoms with E-state index in [-0.39, 0.29) is 13.2 Å². The number of hydrogen-bond acceptors (Lipinski definition) is 4. The third-order valence-electron chi connectivity index (χ3n) is 2.43. The summed E-state index contributed by atoms with van der Waals surface area (Å²) >= 11 is 0. The molecule has 0 saturated heterocycles. The molecule has 1 rings (SSSR count). The highest BCUT2D eigenvalue weighted by Crippen LogP contribution is 2.13. The molecule has 17 heavy (non-hydrogen) atoms. The number of nitrogens with one attached hydrogen (secondary N) is 1. The molecule has 0 radical (unpaired) electrons. The molecule has 4 heteroatoms. The minimum Gasteiger partial charge on any atom is -0.491 e. The van der Waals surface area contributed by atoms with E-state index in [4.69, 9.17) is 14.9 Å². The second-order valence-corrected chi connectivity index (χ2v) is 4.00. The van der Waals surface area contributed by atoms with E-state index in [9.17, 15) is 0 Å². The first-order valence-corrected chi connectivity index (χ1v) is 5.93. The lowest BCUT2D eigenvalue weighted by atomic mass is 10.1. The van der Waals surface area contributed by atoms with Crippen LogP contribution in [0.2, 0.25) is 0 Å². The van der Waals surface area contributed by atoms with Crippen molar-refractivity contribution in [3.63, 3.8) is 0 Å². The van der Waals surface area contributed by atoms with Gasteiger partial charge in [0.05, 0.1) is 13.2 Å². The molecule has 0 saturated carbocycles. The van der Waals surface area contributed by atoms with Crippen LogP contribution in [-0.4, -0.2) is 42.6 Å². The van der Waals surface area contributed by atoms with Crippen molar-refractivity contribution >= 4 is 0 Å². The zero-order valence-corrected chi connectivity index (χ0v) is 10.2. The van der Waals surface area contributed by atoms with E-state index in [2.05, 4.69) is 12.2 Å². The average Bonchev–Trinajstić information content (AvgIpc) is 2.35. The summed E-state index contributed by atoms with van der Waals surface area (Å²) < 4.78 is 5.28. The largest absolute Gasteiger partial charge is 0.491 e. The molecule has 1 atom stereocenters. The van der Waals surface area contributed by atoms with Gasteiger partial charge in [-0.1, -0.05) is 12.1 Å². The molecule has 0 aliphatic carbocycles. The summed E-state index contributed by atoms with van der Waals surface area (Å²) in [5.41, 5.74) is 1.22. The van der Waals surface area contributed by atoms with Gasteiger partial charge in [0.15, 0.2) is 0 Å². The Kier molecular flexibility index (Phi) is 6.62. The molecule has 0 aliphatic rings. The minimum absolute atomic E-state index is 0.0316.